The topological polar surface area (TPSA) is 76.4 Å². The van der Waals surface area contributed by atoms with Crippen molar-refractivity contribution in [1.82, 2.24) is 4.98 Å². The van der Waals surface area contributed by atoms with Crippen LogP contribution in [0.4, 0.5) is 11.5 Å². The predicted octanol–water partition coefficient (Wildman–Crippen LogP) is 4.61. The molecule has 0 aliphatic rings. The van der Waals surface area contributed by atoms with E-state index >= 15 is 0 Å². The first-order valence-corrected chi connectivity index (χ1v) is 8.46. The molecule has 1 aromatic carbocycles. The number of pyridine rings is 1. The highest BCUT2D eigenvalue weighted by Gasteiger charge is 2.07. The molecule has 3 rings (SSSR count). The number of halogens is 2. The van der Waals surface area contributed by atoms with E-state index in [1.54, 1.807) is 42.8 Å². The van der Waals surface area contributed by atoms with Crippen molar-refractivity contribution in [2.75, 3.05) is 17.2 Å². The van der Waals surface area contributed by atoms with Crippen LogP contribution in [0.25, 0.3) is 0 Å². The van der Waals surface area contributed by atoms with Gasteiger partial charge in [-0.1, -0.05) is 23.2 Å². The van der Waals surface area contributed by atoms with E-state index in [4.69, 9.17) is 32.4 Å². The molecule has 8 heteroatoms. The van der Waals surface area contributed by atoms with Gasteiger partial charge in [0, 0.05) is 5.02 Å². The van der Waals surface area contributed by atoms with E-state index in [0.717, 1.165) is 5.76 Å². The lowest BCUT2D eigenvalue weighted by molar-refractivity contribution is -0.118. The summed E-state index contributed by atoms with van der Waals surface area (Å²) < 4.78 is 10.6. The average molecular weight is 392 g/mol. The van der Waals surface area contributed by atoms with E-state index in [9.17, 15) is 4.79 Å². The van der Waals surface area contributed by atoms with Crippen LogP contribution in [-0.2, 0) is 11.3 Å². The Kier molecular flexibility index (Phi) is 5.99. The Labute approximate surface area is 160 Å². The van der Waals surface area contributed by atoms with Crippen LogP contribution in [0.1, 0.15) is 5.76 Å². The number of amides is 1. The summed E-state index contributed by atoms with van der Waals surface area (Å²) in [6.07, 6.45) is 3.17. The molecule has 1 amide bonds. The minimum absolute atomic E-state index is 0.181. The summed E-state index contributed by atoms with van der Waals surface area (Å²) in [5.41, 5.74) is 0.560. The molecule has 2 N–H and O–H groups in total. The van der Waals surface area contributed by atoms with Gasteiger partial charge in [0.05, 0.1) is 29.7 Å². The van der Waals surface area contributed by atoms with Gasteiger partial charge in [-0.15, -0.1) is 0 Å². The largest absolute Gasteiger partial charge is 0.482 e. The maximum Gasteiger partial charge on any atom is 0.262 e. The number of hydrogen-bond donors (Lipinski definition) is 2. The number of anilines is 2. The summed E-state index contributed by atoms with van der Waals surface area (Å²) >= 11 is 11.8. The number of aromatic nitrogens is 1. The van der Waals surface area contributed by atoms with E-state index in [1.807, 2.05) is 12.1 Å². The summed E-state index contributed by atoms with van der Waals surface area (Å²) in [4.78, 5) is 16.2. The van der Waals surface area contributed by atoms with Gasteiger partial charge in [0.2, 0.25) is 0 Å². The molecular weight excluding hydrogens is 377 g/mol. The van der Waals surface area contributed by atoms with E-state index in [1.165, 1.54) is 0 Å². The highest BCUT2D eigenvalue weighted by molar-refractivity contribution is 6.35. The lowest BCUT2D eigenvalue weighted by Crippen LogP contribution is -2.20. The van der Waals surface area contributed by atoms with Crippen LogP contribution >= 0.6 is 23.2 Å². The van der Waals surface area contributed by atoms with Gasteiger partial charge in [0.25, 0.3) is 5.91 Å². The Hall–Kier alpha value is -2.70. The first kappa shape index (κ1) is 18.1. The van der Waals surface area contributed by atoms with Crippen molar-refractivity contribution in [1.29, 1.82) is 0 Å². The fourth-order valence-corrected chi connectivity index (χ4v) is 2.56. The molecule has 3 aromatic rings. The van der Waals surface area contributed by atoms with Crippen LogP contribution < -0.4 is 15.4 Å². The zero-order valence-corrected chi connectivity index (χ0v) is 15.1. The third-order valence-corrected chi connectivity index (χ3v) is 3.85. The zero-order chi connectivity index (χ0) is 18.4. The van der Waals surface area contributed by atoms with Crippen LogP contribution in [-0.4, -0.2) is 17.5 Å². The number of carbonyl (C=O) groups is 1. The molecule has 0 bridgehead atoms. The van der Waals surface area contributed by atoms with Gasteiger partial charge in [0.15, 0.2) is 6.61 Å². The third-order valence-electron chi connectivity index (χ3n) is 3.32. The Morgan fingerprint density at radius 3 is 2.77 bits per heavy atom. The predicted molar refractivity (Wildman–Crippen MR) is 101 cm³/mol. The Morgan fingerprint density at radius 2 is 2.08 bits per heavy atom. The molecule has 0 unspecified atom stereocenters. The van der Waals surface area contributed by atoms with Crippen molar-refractivity contribution < 1.29 is 13.9 Å². The molecule has 134 valence electrons. The standard InChI is InChI=1S/C18H15Cl2N3O3/c19-12-3-5-16(15(20)8-12)26-11-18(24)23-13-4-6-17(21-9-13)22-10-14-2-1-7-25-14/h1-9H,10-11H2,(H,21,22)(H,23,24). The molecule has 0 aliphatic carbocycles. The fraction of sp³-hybridized carbons (Fsp3) is 0.111. The molecule has 0 atom stereocenters. The molecule has 26 heavy (non-hydrogen) atoms. The number of hydrogen-bond acceptors (Lipinski definition) is 5. The van der Waals surface area contributed by atoms with Crippen molar-refractivity contribution in [3.8, 4) is 5.75 Å². The summed E-state index contributed by atoms with van der Waals surface area (Å²) in [7, 11) is 0. The van der Waals surface area contributed by atoms with Crippen molar-refractivity contribution in [3.63, 3.8) is 0 Å². The lowest BCUT2D eigenvalue weighted by Gasteiger charge is -2.09. The number of nitrogens with one attached hydrogen (secondary N) is 2. The summed E-state index contributed by atoms with van der Waals surface area (Å²) in [6, 6.07) is 12.0. The number of benzene rings is 1. The number of rotatable bonds is 7. The highest BCUT2D eigenvalue weighted by atomic mass is 35.5. The summed E-state index contributed by atoms with van der Waals surface area (Å²) in [5.74, 6) is 1.54. The number of carbonyl (C=O) groups excluding carboxylic acids is 1. The van der Waals surface area contributed by atoms with Crippen LogP contribution in [0.3, 0.4) is 0 Å². The van der Waals surface area contributed by atoms with Crippen LogP contribution in [0.2, 0.25) is 10.0 Å². The fourth-order valence-electron chi connectivity index (χ4n) is 2.10. The van der Waals surface area contributed by atoms with Gasteiger partial charge < -0.3 is 19.8 Å². The number of furan rings is 1. The van der Waals surface area contributed by atoms with Gasteiger partial charge in [-0.3, -0.25) is 4.79 Å². The molecule has 0 fully saturated rings. The van der Waals surface area contributed by atoms with Crippen LogP contribution in [0, 0.1) is 0 Å². The Balaban J connectivity index is 1.48. The Bertz CT molecular complexity index is 868. The SMILES string of the molecule is O=C(COc1ccc(Cl)cc1Cl)Nc1ccc(NCc2ccco2)nc1. The molecule has 6 nitrogen and oxygen atoms in total. The van der Waals surface area contributed by atoms with E-state index < -0.39 is 0 Å². The number of nitrogens with zero attached hydrogens (tertiary/aromatic N) is 1. The quantitative estimate of drug-likeness (QED) is 0.614. The van der Waals surface area contributed by atoms with Crippen molar-refractivity contribution >= 4 is 40.6 Å². The zero-order valence-electron chi connectivity index (χ0n) is 13.5. The van der Waals surface area contributed by atoms with Gasteiger partial charge in [-0.25, -0.2) is 4.98 Å². The van der Waals surface area contributed by atoms with Crippen molar-refractivity contribution in [2.24, 2.45) is 0 Å². The van der Waals surface area contributed by atoms with E-state index in [2.05, 4.69) is 15.6 Å². The molecule has 0 aliphatic heterocycles. The smallest absolute Gasteiger partial charge is 0.262 e. The highest BCUT2D eigenvalue weighted by Crippen LogP contribution is 2.27. The van der Waals surface area contributed by atoms with E-state index in [-0.39, 0.29) is 12.5 Å². The van der Waals surface area contributed by atoms with Gasteiger partial charge in [-0.05, 0) is 42.5 Å². The molecular formula is C18H15Cl2N3O3. The van der Waals surface area contributed by atoms with Gasteiger partial charge >= 0.3 is 0 Å². The second-order valence-electron chi connectivity index (χ2n) is 5.28. The minimum Gasteiger partial charge on any atom is -0.482 e. The second kappa shape index (κ2) is 8.60. The Morgan fingerprint density at radius 1 is 1.19 bits per heavy atom. The normalized spacial score (nSPS) is 10.4. The molecule has 0 saturated heterocycles. The van der Waals surface area contributed by atoms with Gasteiger partial charge in [-0.2, -0.15) is 0 Å². The average Bonchev–Trinajstić information content (AvgIpc) is 3.14. The molecule has 2 heterocycles. The molecule has 0 radical (unpaired) electrons. The number of ether oxygens (including phenoxy) is 1. The lowest BCUT2D eigenvalue weighted by atomic mass is 10.3. The van der Waals surface area contributed by atoms with Crippen molar-refractivity contribution in [3.05, 3.63) is 70.7 Å². The maximum absolute atomic E-state index is 12.0. The minimum atomic E-state index is -0.325. The second-order valence-corrected chi connectivity index (χ2v) is 6.12. The first-order valence-electron chi connectivity index (χ1n) is 7.70. The van der Waals surface area contributed by atoms with Crippen LogP contribution in [0.5, 0.6) is 5.75 Å². The van der Waals surface area contributed by atoms with E-state index in [0.29, 0.717) is 33.8 Å². The van der Waals surface area contributed by atoms with Gasteiger partial charge in [0.1, 0.15) is 17.3 Å². The van der Waals surface area contributed by atoms with Crippen molar-refractivity contribution in [2.45, 2.75) is 6.54 Å². The third kappa shape index (κ3) is 5.15. The maximum atomic E-state index is 12.0. The monoisotopic (exact) mass is 391 g/mol. The molecule has 0 saturated carbocycles. The van der Waals surface area contributed by atoms with Crippen LogP contribution in [0.15, 0.2) is 59.3 Å². The summed E-state index contributed by atoms with van der Waals surface area (Å²) in [5, 5.41) is 6.66. The molecule has 2 aromatic heterocycles. The first-order chi connectivity index (χ1) is 12.6. The summed E-state index contributed by atoms with van der Waals surface area (Å²) in [6.45, 7) is 0.348. The molecule has 0 spiro atoms.